The molecule has 0 N–H and O–H groups in total. The van der Waals surface area contributed by atoms with Crippen molar-refractivity contribution in [1.82, 2.24) is 14.1 Å². The summed E-state index contributed by atoms with van der Waals surface area (Å²) in [4.78, 5) is 22.4. The Bertz CT molecular complexity index is 908. The van der Waals surface area contributed by atoms with Crippen molar-refractivity contribution in [3.8, 4) is 0 Å². The van der Waals surface area contributed by atoms with Crippen molar-refractivity contribution in [3.63, 3.8) is 0 Å². The topological polar surface area (TPSA) is 111 Å². The highest BCUT2D eigenvalue weighted by Crippen LogP contribution is 2.23. The van der Waals surface area contributed by atoms with Crippen LogP contribution in [0.3, 0.4) is 0 Å². The maximum atomic E-state index is 12.1. The number of aromatic nitrogens is 2. The summed E-state index contributed by atoms with van der Waals surface area (Å²) in [7, 11) is 0.397. The lowest BCUT2D eigenvalue weighted by molar-refractivity contribution is -0.384. The molecular formula is C13H17N5O4S. The van der Waals surface area contributed by atoms with Gasteiger partial charge < -0.3 is 0 Å². The standard InChI is InChI=1S/C13H17N5O4S/c1-9-11-7-10(18(20)21)5-6-12(11)17(14-9)8-13(19)15-23(4,22)16(2)3/h5-7H,8H2,1-4H3. The zero-order valence-corrected chi connectivity index (χ0v) is 14.0. The molecule has 0 saturated carbocycles. The first-order valence-corrected chi connectivity index (χ1v) is 8.54. The zero-order valence-electron chi connectivity index (χ0n) is 13.2. The van der Waals surface area contributed by atoms with E-state index in [-0.39, 0.29) is 12.2 Å². The molecule has 0 radical (unpaired) electrons. The number of carbonyl (C=O) groups is 1. The number of aryl methyl sites for hydroxylation is 1. The van der Waals surface area contributed by atoms with Gasteiger partial charge in [0.15, 0.2) is 0 Å². The van der Waals surface area contributed by atoms with E-state index in [1.807, 2.05) is 0 Å². The Labute approximate surface area is 133 Å². The molecule has 9 nitrogen and oxygen atoms in total. The van der Waals surface area contributed by atoms with Crippen LogP contribution in [0.5, 0.6) is 0 Å². The summed E-state index contributed by atoms with van der Waals surface area (Å²) in [6.07, 6.45) is 1.38. The summed E-state index contributed by atoms with van der Waals surface area (Å²) in [5, 5.41) is 15.6. The van der Waals surface area contributed by atoms with Gasteiger partial charge in [0.1, 0.15) is 16.5 Å². The molecule has 1 unspecified atom stereocenters. The molecule has 23 heavy (non-hydrogen) atoms. The van der Waals surface area contributed by atoms with Gasteiger partial charge in [-0.2, -0.15) is 5.10 Å². The SMILES string of the molecule is Cc1nn(CC(=O)N=S(C)(=O)N(C)C)c2ccc([N+](=O)[O-])cc12. The van der Waals surface area contributed by atoms with Crippen LogP contribution in [-0.4, -0.2) is 49.5 Å². The average molecular weight is 339 g/mol. The predicted molar refractivity (Wildman–Crippen MR) is 86.3 cm³/mol. The van der Waals surface area contributed by atoms with Crippen LogP contribution in [0.25, 0.3) is 10.9 Å². The Balaban J connectivity index is 2.41. The molecule has 1 aromatic heterocycles. The normalized spacial score (nSPS) is 14.0. The molecule has 0 fully saturated rings. The lowest BCUT2D eigenvalue weighted by Gasteiger charge is -2.11. The number of non-ortho nitro benzene ring substituents is 1. The third-order valence-electron chi connectivity index (χ3n) is 3.36. The lowest BCUT2D eigenvalue weighted by Crippen LogP contribution is -2.22. The second-order valence-electron chi connectivity index (χ2n) is 5.26. The van der Waals surface area contributed by atoms with E-state index in [9.17, 15) is 19.1 Å². The van der Waals surface area contributed by atoms with Gasteiger partial charge >= 0.3 is 0 Å². The number of nitro groups is 1. The number of hydrogen-bond donors (Lipinski definition) is 0. The highest BCUT2D eigenvalue weighted by Gasteiger charge is 2.15. The molecule has 1 aromatic carbocycles. The fraction of sp³-hybridized carbons (Fsp3) is 0.385. The molecule has 10 heteroatoms. The minimum absolute atomic E-state index is 0.0413. The maximum Gasteiger partial charge on any atom is 0.276 e. The largest absolute Gasteiger partial charge is 0.276 e. The van der Waals surface area contributed by atoms with Crippen LogP contribution in [0.1, 0.15) is 5.69 Å². The van der Waals surface area contributed by atoms with E-state index >= 15 is 0 Å². The van der Waals surface area contributed by atoms with Gasteiger partial charge in [-0.25, -0.2) is 8.51 Å². The van der Waals surface area contributed by atoms with Gasteiger partial charge in [-0.3, -0.25) is 19.6 Å². The molecule has 1 atom stereocenters. The van der Waals surface area contributed by atoms with E-state index in [1.165, 1.54) is 33.4 Å². The second kappa shape index (κ2) is 6.05. The van der Waals surface area contributed by atoms with Crippen molar-refractivity contribution in [3.05, 3.63) is 34.0 Å². The Kier molecular flexibility index (Phi) is 4.48. The van der Waals surface area contributed by atoms with Gasteiger partial charge in [-0.05, 0) is 13.0 Å². The molecule has 0 aliphatic heterocycles. The van der Waals surface area contributed by atoms with Crippen LogP contribution in [-0.2, 0) is 21.3 Å². The Hall–Kier alpha value is -2.33. The van der Waals surface area contributed by atoms with Gasteiger partial charge in [-0.15, -0.1) is 4.36 Å². The monoisotopic (exact) mass is 339 g/mol. The molecule has 0 aliphatic carbocycles. The second-order valence-corrected chi connectivity index (χ2v) is 7.70. The molecular weight excluding hydrogens is 322 g/mol. The summed E-state index contributed by atoms with van der Waals surface area (Å²) in [5.41, 5.74) is 1.12. The molecule has 2 aromatic rings. The van der Waals surface area contributed by atoms with E-state index < -0.39 is 20.7 Å². The highest BCUT2D eigenvalue weighted by atomic mass is 32.2. The summed E-state index contributed by atoms with van der Waals surface area (Å²) in [6, 6.07) is 4.30. The van der Waals surface area contributed by atoms with E-state index in [2.05, 4.69) is 9.46 Å². The minimum Gasteiger partial charge on any atom is -0.270 e. The van der Waals surface area contributed by atoms with E-state index in [4.69, 9.17) is 0 Å². The Morgan fingerprint density at radius 1 is 1.48 bits per heavy atom. The number of hydrogen-bond acceptors (Lipinski definition) is 5. The van der Waals surface area contributed by atoms with E-state index in [0.717, 1.165) is 0 Å². The van der Waals surface area contributed by atoms with Crippen molar-refractivity contribution in [2.75, 3.05) is 20.4 Å². The molecule has 1 amide bonds. The van der Waals surface area contributed by atoms with Crippen LogP contribution in [0, 0.1) is 17.0 Å². The third-order valence-corrected chi connectivity index (χ3v) is 5.26. The highest BCUT2D eigenvalue weighted by molar-refractivity contribution is 7.90. The van der Waals surface area contributed by atoms with Gasteiger partial charge in [0.2, 0.25) is 0 Å². The van der Waals surface area contributed by atoms with Gasteiger partial charge in [-0.1, -0.05) is 0 Å². The van der Waals surface area contributed by atoms with Gasteiger partial charge in [0.25, 0.3) is 11.6 Å². The van der Waals surface area contributed by atoms with Gasteiger partial charge in [0.05, 0.1) is 16.1 Å². The smallest absolute Gasteiger partial charge is 0.270 e. The Morgan fingerprint density at radius 2 is 2.13 bits per heavy atom. The van der Waals surface area contributed by atoms with Crippen molar-refractivity contribution >= 4 is 32.4 Å². The number of rotatable bonds is 4. The maximum absolute atomic E-state index is 12.1. The van der Waals surface area contributed by atoms with Crippen LogP contribution >= 0.6 is 0 Å². The van der Waals surface area contributed by atoms with Crippen LogP contribution in [0.4, 0.5) is 5.69 Å². The molecule has 124 valence electrons. The first-order valence-electron chi connectivity index (χ1n) is 6.66. The summed E-state index contributed by atoms with van der Waals surface area (Å²) in [6.45, 7) is 1.52. The molecule has 0 saturated heterocycles. The van der Waals surface area contributed by atoms with Gasteiger partial charge in [0, 0.05) is 37.9 Å². The van der Waals surface area contributed by atoms with Crippen molar-refractivity contribution in [2.45, 2.75) is 13.5 Å². The lowest BCUT2D eigenvalue weighted by atomic mass is 10.2. The van der Waals surface area contributed by atoms with Crippen LogP contribution < -0.4 is 0 Å². The van der Waals surface area contributed by atoms with Crippen molar-refractivity contribution in [1.29, 1.82) is 0 Å². The predicted octanol–water partition coefficient (Wildman–Crippen LogP) is 1.35. The quantitative estimate of drug-likeness (QED) is 0.617. The number of fused-ring (bicyclic) bond motifs is 1. The van der Waals surface area contributed by atoms with E-state index in [0.29, 0.717) is 16.6 Å². The summed E-state index contributed by atoms with van der Waals surface area (Å²) < 4.78 is 18.6. The number of nitro benzene ring substituents is 1. The van der Waals surface area contributed by atoms with Crippen LogP contribution in [0.2, 0.25) is 0 Å². The van der Waals surface area contributed by atoms with Crippen LogP contribution in [0.15, 0.2) is 22.6 Å². The minimum atomic E-state index is -2.75. The fourth-order valence-corrected chi connectivity index (χ4v) is 2.59. The zero-order chi connectivity index (χ0) is 17.4. The molecule has 0 bridgehead atoms. The van der Waals surface area contributed by atoms with Crippen molar-refractivity contribution < 1.29 is 13.9 Å². The first kappa shape index (κ1) is 17.0. The first-order chi connectivity index (χ1) is 10.6. The Morgan fingerprint density at radius 3 is 2.70 bits per heavy atom. The van der Waals surface area contributed by atoms with Crippen molar-refractivity contribution in [2.24, 2.45) is 4.36 Å². The number of nitrogens with zero attached hydrogens (tertiary/aromatic N) is 5. The molecule has 0 aliphatic rings. The number of carbonyl (C=O) groups excluding carboxylic acids is 1. The molecule has 2 rings (SSSR count). The number of benzene rings is 1. The average Bonchev–Trinajstić information content (AvgIpc) is 2.74. The number of amides is 1. The fourth-order valence-electron chi connectivity index (χ4n) is 1.99. The summed E-state index contributed by atoms with van der Waals surface area (Å²) >= 11 is 0. The third kappa shape index (κ3) is 3.54. The summed E-state index contributed by atoms with van der Waals surface area (Å²) in [5.74, 6) is -0.575. The van der Waals surface area contributed by atoms with E-state index in [1.54, 1.807) is 21.0 Å². The molecule has 0 spiro atoms. The molecule has 1 heterocycles.